The molecule has 0 saturated carbocycles. The first-order valence-electron chi connectivity index (χ1n) is 7.07. The third-order valence-electron chi connectivity index (χ3n) is 3.22. The summed E-state index contributed by atoms with van der Waals surface area (Å²) in [5, 5.41) is 10.2. The molecule has 1 atom stereocenters. The van der Waals surface area contributed by atoms with Gasteiger partial charge in [-0.1, -0.05) is 5.16 Å². The molecule has 0 spiro atoms. The van der Waals surface area contributed by atoms with Crippen LogP contribution in [-0.2, 0) is 11.3 Å². The lowest BCUT2D eigenvalue weighted by Crippen LogP contribution is -2.45. The lowest BCUT2D eigenvalue weighted by molar-refractivity contribution is 0.0243. The standard InChI is InChI=1S/C13H23N5O2/c1-4-14-12(15-8-11-17-10(2)18-20-11)16-9-13(3)6-5-7-19-13/h4-9H2,1-3H3,(H2,14,15,16). The first-order valence-corrected chi connectivity index (χ1v) is 7.07. The Morgan fingerprint density at radius 1 is 1.45 bits per heavy atom. The van der Waals surface area contributed by atoms with Gasteiger partial charge in [-0.25, -0.2) is 4.99 Å². The molecule has 2 N–H and O–H groups in total. The lowest BCUT2D eigenvalue weighted by atomic mass is 10.0. The van der Waals surface area contributed by atoms with Crippen LogP contribution in [0.25, 0.3) is 0 Å². The maximum absolute atomic E-state index is 5.75. The quantitative estimate of drug-likeness (QED) is 0.619. The summed E-state index contributed by atoms with van der Waals surface area (Å²) in [5.41, 5.74) is -0.0999. The molecule has 1 aliphatic heterocycles. The zero-order chi connectivity index (χ0) is 14.4. The number of hydrogen-bond donors (Lipinski definition) is 2. The zero-order valence-corrected chi connectivity index (χ0v) is 12.4. The molecule has 2 rings (SSSR count). The van der Waals surface area contributed by atoms with E-state index >= 15 is 0 Å². The van der Waals surface area contributed by atoms with Gasteiger partial charge >= 0.3 is 0 Å². The van der Waals surface area contributed by atoms with Crippen LogP contribution in [0, 0.1) is 6.92 Å². The summed E-state index contributed by atoms with van der Waals surface area (Å²) < 4.78 is 10.8. The van der Waals surface area contributed by atoms with Crippen molar-refractivity contribution in [3.63, 3.8) is 0 Å². The van der Waals surface area contributed by atoms with Crippen molar-refractivity contribution in [3.05, 3.63) is 11.7 Å². The first-order chi connectivity index (χ1) is 9.61. The minimum absolute atomic E-state index is 0.0999. The zero-order valence-electron chi connectivity index (χ0n) is 12.4. The molecule has 0 bridgehead atoms. The second-order valence-electron chi connectivity index (χ2n) is 5.19. The maximum atomic E-state index is 5.75. The van der Waals surface area contributed by atoms with Gasteiger partial charge in [-0.05, 0) is 33.6 Å². The summed E-state index contributed by atoms with van der Waals surface area (Å²) in [5.74, 6) is 1.88. The van der Waals surface area contributed by atoms with E-state index in [1.807, 2.05) is 6.92 Å². The second kappa shape index (κ2) is 6.69. The number of aliphatic imine (C=N–C) groups is 1. The van der Waals surface area contributed by atoms with Gasteiger partial charge in [-0.2, -0.15) is 4.98 Å². The fourth-order valence-corrected chi connectivity index (χ4v) is 2.14. The van der Waals surface area contributed by atoms with Crippen LogP contribution in [0.15, 0.2) is 9.52 Å². The summed E-state index contributed by atoms with van der Waals surface area (Å²) in [6.45, 7) is 8.69. The molecule has 1 aromatic rings. The molecule has 0 aromatic carbocycles. The molecule has 1 aliphatic rings. The Labute approximate surface area is 119 Å². The van der Waals surface area contributed by atoms with Crippen LogP contribution >= 0.6 is 0 Å². The topological polar surface area (TPSA) is 84.6 Å². The van der Waals surface area contributed by atoms with Gasteiger partial charge in [-0.3, -0.25) is 0 Å². The van der Waals surface area contributed by atoms with E-state index in [2.05, 4.69) is 32.7 Å². The highest BCUT2D eigenvalue weighted by atomic mass is 16.5. The van der Waals surface area contributed by atoms with E-state index in [4.69, 9.17) is 9.26 Å². The summed E-state index contributed by atoms with van der Waals surface area (Å²) in [6, 6.07) is 0. The van der Waals surface area contributed by atoms with Gasteiger partial charge in [0.1, 0.15) is 6.54 Å². The fraction of sp³-hybridized carbons (Fsp3) is 0.769. The van der Waals surface area contributed by atoms with E-state index in [0.29, 0.717) is 18.3 Å². The van der Waals surface area contributed by atoms with Crippen LogP contribution in [0.5, 0.6) is 0 Å². The van der Waals surface area contributed by atoms with E-state index in [1.54, 1.807) is 6.92 Å². The lowest BCUT2D eigenvalue weighted by Gasteiger charge is -2.24. The maximum Gasteiger partial charge on any atom is 0.248 e. The molecule has 7 heteroatoms. The number of guanidine groups is 1. The smallest absolute Gasteiger partial charge is 0.248 e. The van der Waals surface area contributed by atoms with Crippen LogP contribution in [0.2, 0.25) is 0 Å². The molecule has 0 aliphatic carbocycles. The highest BCUT2D eigenvalue weighted by Crippen LogP contribution is 2.23. The Bertz CT molecular complexity index is 451. The van der Waals surface area contributed by atoms with Gasteiger partial charge in [0, 0.05) is 19.7 Å². The molecule has 112 valence electrons. The number of ether oxygens (including phenoxy) is 1. The van der Waals surface area contributed by atoms with Crippen molar-refractivity contribution in [2.75, 3.05) is 19.7 Å². The van der Waals surface area contributed by atoms with Crippen molar-refractivity contribution < 1.29 is 9.26 Å². The Morgan fingerprint density at radius 3 is 2.90 bits per heavy atom. The van der Waals surface area contributed by atoms with Crippen LogP contribution in [-0.4, -0.2) is 41.4 Å². The van der Waals surface area contributed by atoms with Gasteiger partial charge in [-0.15, -0.1) is 0 Å². The van der Waals surface area contributed by atoms with Crippen LogP contribution < -0.4 is 10.6 Å². The van der Waals surface area contributed by atoms with Gasteiger partial charge in [0.05, 0.1) is 5.60 Å². The normalized spacial score (nSPS) is 23.1. The summed E-state index contributed by atoms with van der Waals surface area (Å²) in [4.78, 5) is 8.56. The predicted octanol–water partition coefficient (Wildman–Crippen LogP) is 1.00. The Balaban J connectivity index is 1.88. The molecule has 1 aromatic heterocycles. The molecule has 7 nitrogen and oxygen atoms in total. The molecular formula is C13H23N5O2. The number of aryl methyl sites for hydroxylation is 1. The Morgan fingerprint density at radius 2 is 2.30 bits per heavy atom. The van der Waals surface area contributed by atoms with Gasteiger partial charge in [0.15, 0.2) is 11.8 Å². The molecule has 0 radical (unpaired) electrons. The number of nitrogens with one attached hydrogen (secondary N) is 2. The summed E-state index contributed by atoms with van der Waals surface area (Å²) >= 11 is 0. The average molecular weight is 281 g/mol. The third-order valence-corrected chi connectivity index (χ3v) is 3.22. The van der Waals surface area contributed by atoms with Crippen molar-refractivity contribution in [1.82, 2.24) is 20.8 Å². The number of hydrogen-bond acceptors (Lipinski definition) is 5. The fourth-order valence-electron chi connectivity index (χ4n) is 2.14. The molecule has 1 fully saturated rings. The van der Waals surface area contributed by atoms with E-state index in [9.17, 15) is 0 Å². The van der Waals surface area contributed by atoms with E-state index in [-0.39, 0.29) is 5.60 Å². The minimum Gasteiger partial charge on any atom is -0.373 e. The van der Waals surface area contributed by atoms with Crippen LogP contribution in [0.1, 0.15) is 38.4 Å². The van der Waals surface area contributed by atoms with Gasteiger partial charge in [0.2, 0.25) is 5.89 Å². The Hall–Kier alpha value is -1.63. The van der Waals surface area contributed by atoms with E-state index < -0.39 is 0 Å². The van der Waals surface area contributed by atoms with Crippen LogP contribution in [0.3, 0.4) is 0 Å². The SMILES string of the molecule is CCNC(=NCc1nc(C)no1)NCC1(C)CCCO1. The third kappa shape index (κ3) is 4.19. The van der Waals surface area contributed by atoms with Crippen molar-refractivity contribution in [2.45, 2.75) is 45.8 Å². The number of nitrogens with zero attached hydrogens (tertiary/aromatic N) is 3. The average Bonchev–Trinajstić information content (AvgIpc) is 3.03. The predicted molar refractivity (Wildman–Crippen MR) is 75.4 cm³/mol. The molecular weight excluding hydrogens is 258 g/mol. The summed E-state index contributed by atoms with van der Waals surface area (Å²) in [7, 11) is 0. The van der Waals surface area contributed by atoms with E-state index in [1.165, 1.54) is 0 Å². The highest BCUT2D eigenvalue weighted by Gasteiger charge is 2.29. The number of aromatic nitrogens is 2. The van der Waals surface area contributed by atoms with Crippen molar-refractivity contribution in [2.24, 2.45) is 4.99 Å². The first kappa shape index (κ1) is 14.8. The molecule has 20 heavy (non-hydrogen) atoms. The van der Waals surface area contributed by atoms with Gasteiger partial charge in [0.25, 0.3) is 0 Å². The summed E-state index contributed by atoms with van der Waals surface area (Å²) in [6.07, 6.45) is 2.19. The highest BCUT2D eigenvalue weighted by molar-refractivity contribution is 5.79. The molecule has 1 saturated heterocycles. The molecule has 0 amide bonds. The van der Waals surface area contributed by atoms with E-state index in [0.717, 1.165) is 38.5 Å². The van der Waals surface area contributed by atoms with Crippen molar-refractivity contribution in [1.29, 1.82) is 0 Å². The van der Waals surface area contributed by atoms with Crippen molar-refractivity contribution >= 4 is 5.96 Å². The molecule has 1 unspecified atom stereocenters. The second-order valence-corrected chi connectivity index (χ2v) is 5.19. The largest absolute Gasteiger partial charge is 0.373 e. The van der Waals surface area contributed by atoms with Gasteiger partial charge < -0.3 is 19.9 Å². The Kier molecular flexibility index (Phi) is 4.94. The molecule has 2 heterocycles. The monoisotopic (exact) mass is 281 g/mol. The minimum atomic E-state index is -0.0999. The van der Waals surface area contributed by atoms with Crippen molar-refractivity contribution in [3.8, 4) is 0 Å². The van der Waals surface area contributed by atoms with Crippen LogP contribution in [0.4, 0.5) is 0 Å². The number of rotatable bonds is 5.